The SMILES string of the molecule is CCCCCCCCCCCCCCCC(=O)OCC(C)(C)C(O)C(=O)CCCC(=O)O. The number of ketones is 1. The fourth-order valence-corrected chi connectivity index (χ4v) is 3.69. The number of aliphatic hydroxyl groups excluding tert-OH is 1. The van der Waals surface area contributed by atoms with Gasteiger partial charge >= 0.3 is 11.9 Å². The van der Waals surface area contributed by atoms with Gasteiger partial charge in [0.05, 0.1) is 6.61 Å². The molecule has 0 aromatic heterocycles. The topological polar surface area (TPSA) is 101 Å². The van der Waals surface area contributed by atoms with E-state index >= 15 is 0 Å². The second-order valence-corrected chi connectivity index (χ2v) is 9.76. The van der Waals surface area contributed by atoms with Gasteiger partial charge < -0.3 is 14.9 Å². The molecule has 0 heterocycles. The van der Waals surface area contributed by atoms with E-state index in [1.807, 2.05) is 0 Å². The molecule has 0 amide bonds. The average molecular weight is 457 g/mol. The van der Waals surface area contributed by atoms with Crippen molar-refractivity contribution in [2.75, 3.05) is 6.61 Å². The predicted molar refractivity (Wildman–Crippen MR) is 128 cm³/mol. The van der Waals surface area contributed by atoms with E-state index in [4.69, 9.17) is 9.84 Å². The van der Waals surface area contributed by atoms with Crippen LogP contribution in [0.5, 0.6) is 0 Å². The van der Waals surface area contributed by atoms with Gasteiger partial charge in [-0.05, 0) is 12.8 Å². The predicted octanol–water partition coefficient (Wildman–Crippen LogP) is 6.22. The molecule has 188 valence electrons. The molecule has 0 aliphatic heterocycles. The summed E-state index contributed by atoms with van der Waals surface area (Å²) in [6.07, 6.45) is 15.4. The van der Waals surface area contributed by atoms with E-state index in [-0.39, 0.29) is 31.8 Å². The van der Waals surface area contributed by atoms with Crippen molar-refractivity contribution >= 4 is 17.7 Å². The third kappa shape index (κ3) is 17.2. The summed E-state index contributed by atoms with van der Waals surface area (Å²) < 4.78 is 5.28. The number of esters is 1. The number of hydrogen-bond acceptors (Lipinski definition) is 5. The highest BCUT2D eigenvalue weighted by atomic mass is 16.5. The normalized spacial score (nSPS) is 12.5. The fraction of sp³-hybridized carbons (Fsp3) is 0.885. The van der Waals surface area contributed by atoms with Crippen LogP contribution < -0.4 is 0 Å². The average Bonchev–Trinajstić information content (AvgIpc) is 2.74. The van der Waals surface area contributed by atoms with Crippen LogP contribution in [0, 0.1) is 5.41 Å². The standard InChI is InChI=1S/C26H48O6/c1-4-5-6-7-8-9-10-11-12-13-14-15-16-20-24(30)32-21-26(2,3)25(31)22(27)18-17-19-23(28)29/h25,31H,4-21H2,1-3H3,(H,28,29). The minimum Gasteiger partial charge on any atom is -0.481 e. The van der Waals surface area contributed by atoms with Crippen LogP contribution in [0.25, 0.3) is 0 Å². The van der Waals surface area contributed by atoms with Crippen molar-refractivity contribution in [1.82, 2.24) is 0 Å². The van der Waals surface area contributed by atoms with Crippen LogP contribution in [-0.2, 0) is 19.1 Å². The van der Waals surface area contributed by atoms with Crippen molar-refractivity contribution in [3.63, 3.8) is 0 Å². The van der Waals surface area contributed by atoms with E-state index < -0.39 is 23.3 Å². The summed E-state index contributed by atoms with van der Waals surface area (Å²) in [5.74, 6) is -1.68. The molecule has 1 atom stereocenters. The number of carbonyl (C=O) groups excluding carboxylic acids is 2. The molecule has 0 aromatic carbocycles. The van der Waals surface area contributed by atoms with Crippen LogP contribution in [0.2, 0.25) is 0 Å². The van der Waals surface area contributed by atoms with Gasteiger partial charge in [-0.1, -0.05) is 97.8 Å². The van der Waals surface area contributed by atoms with Crippen molar-refractivity contribution in [3.8, 4) is 0 Å². The van der Waals surface area contributed by atoms with Gasteiger partial charge in [0, 0.05) is 24.7 Å². The van der Waals surface area contributed by atoms with Gasteiger partial charge in [0.15, 0.2) is 5.78 Å². The molecular weight excluding hydrogens is 408 g/mol. The molecule has 0 aliphatic carbocycles. The zero-order valence-electron chi connectivity index (χ0n) is 20.8. The Morgan fingerprint density at radius 3 is 1.66 bits per heavy atom. The number of hydrogen-bond donors (Lipinski definition) is 2. The highest BCUT2D eigenvalue weighted by Crippen LogP contribution is 2.24. The maximum atomic E-state index is 12.0. The Morgan fingerprint density at radius 1 is 0.719 bits per heavy atom. The molecule has 2 N–H and O–H groups in total. The smallest absolute Gasteiger partial charge is 0.305 e. The second kappa shape index (κ2) is 19.1. The number of Topliss-reactive ketones (excluding diaryl/α,β-unsaturated/α-hetero) is 1. The molecule has 0 bridgehead atoms. The van der Waals surface area contributed by atoms with Crippen LogP contribution in [0.4, 0.5) is 0 Å². The monoisotopic (exact) mass is 456 g/mol. The van der Waals surface area contributed by atoms with E-state index in [0.717, 1.165) is 19.3 Å². The number of ether oxygens (including phenoxy) is 1. The molecule has 1 unspecified atom stereocenters. The first-order valence-corrected chi connectivity index (χ1v) is 12.8. The van der Waals surface area contributed by atoms with E-state index in [9.17, 15) is 19.5 Å². The summed E-state index contributed by atoms with van der Waals surface area (Å²) in [4.78, 5) is 34.5. The zero-order chi connectivity index (χ0) is 24.2. The second-order valence-electron chi connectivity index (χ2n) is 9.76. The lowest BCUT2D eigenvalue weighted by Crippen LogP contribution is -2.40. The van der Waals surface area contributed by atoms with Crippen molar-refractivity contribution in [3.05, 3.63) is 0 Å². The van der Waals surface area contributed by atoms with E-state index in [2.05, 4.69) is 6.92 Å². The van der Waals surface area contributed by atoms with Crippen LogP contribution in [0.3, 0.4) is 0 Å². The van der Waals surface area contributed by atoms with Gasteiger partial charge in [-0.25, -0.2) is 0 Å². The summed E-state index contributed by atoms with van der Waals surface area (Å²) in [6, 6.07) is 0. The van der Waals surface area contributed by atoms with Gasteiger partial charge in [0.2, 0.25) is 0 Å². The summed E-state index contributed by atoms with van der Waals surface area (Å²) in [7, 11) is 0. The summed E-state index contributed by atoms with van der Waals surface area (Å²) >= 11 is 0. The third-order valence-corrected chi connectivity index (χ3v) is 5.95. The van der Waals surface area contributed by atoms with Crippen molar-refractivity contribution in [2.45, 2.75) is 136 Å². The van der Waals surface area contributed by atoms with Crippen LogP contribution in [-0.4, -0.2) is 40.6 Å². The molecule has 0 rings (SSSR count). The summed E-state index contributed by atoms with van der Waals surface area (Å²) in [5, 5.41) is 18.9. The number of carboxylic acids is 1. The number of carboxylic acid groups (broad SMARTS) is 1. The van der Waals surface area contributed by atoms with E-state index in [0.29, 0.717) is 6.42 Å². The van der Waals surface area contributed by atoms with Gasteiger partial charge in [-0.2, -0.15) is 0 Å². The molecule has 0 saturated carbocycles. The Labute approximate surface area is 195 Å². The molecule has 6 heteroatoms. The summed E-state index contributed by atoms with van der Waals surface area (Å²) in [6.45, 7) is 5.56. The zero-order valence-corrected chi connectivity index (χ0v) is 20.8. The van der Waals surface area contributed by atoms with Gasteiger partial charge in [0.1, 0.15) is 6.10 Å². The molecule has 0 aliphatic rings. The van der Waals surface area contributed by atoms with E-state index in [1.165, 1.54) is 64.2 Å². The first-order valence-electron chi connectivity index (χ1n) is 12.8. The molecule has 0 spiro atoms. The molecule has 0 radical (unpaired) electrons. The Hall–Kier alpha value is -1.43. The molecule has 6 nitrogen and oxygen atoms in total. The number of aliphatic carboxylic acids is 1. The maximum Gasteiger partial charge on any atom is 0.305 e. The van der Waals surface area contributed by atoms with Crippen LogP contribution in [0.15, 0.2) is 0 Å². The number of unbranched alkanes of at least 4 members (excludes halogenated alkanes) is 12. The van der Waals surface area contributed by atoms with Gasteiger partial charge in [-0.3, -0.25) is 14.4 Å². The minimum atomic E-state index is -1.28. The lowest BCUT2D eigenvalue weighted by molar-refractivity contribution is -0.153. The molecule has 32 heavy (non-hydrogen) atoms. The highest BCUT2D eigenvalue weighted by molar-refractivity contribution is 5.84. The Balaban J connectivity index is 3.72. The quantitative estimate of drug-likeness (QED) is 0.148. The Morgan fingerprint density at radius 2 is 1.19 bits per heavy atom. The Bertz CT molecular complexity index is 514. The van der Waals surface area contributed by atoms with Gasteiger partial charge in [-0.15, -0.1) is 0 Å². The van der Waals surface area contributed by atoms with Gasteiger partial charge in [0.25, 0.3) is 0 Å². The van der Waals surface area contributed by atoms with Crippen LogP contribution in [0.1, 0.15) is 130 Å². The number of aliphatic hydroxyl groups is 1. The maximum absolute atomic E-state index is 12.0. The third-order valence-electron chi connectivity index (χ3n) is 5.95. The van der Waals surface area contributed by atoms with Crippen LogP contribution >= 0.6 is 0 Å². The van der Waals surface area contributed by atoms with E-state index in [1.54, 1.807) is 13.8 Å². The first-order chi connectivity index (χ1) is 15.2. The number of rotatable bonds is 22. The molecular formula is C26H48O6. The number of carbonyl (C=O) groups is 3. The minimum absolute atomic E-state index is 0.00377. The molecule has 0 fully saturated rings. The molecule has 0 aromatic rings. The molecule has 0 saturated heterocycles. The lowest BCUT2D eigenvalue weighted by atomic mass is 9.84. The lowest BCUT2D eigenvalue weighted by Gasteiger charge is -2.29. The fourth-order valence-electron chi connectivity index (χ4n) is 3.69. The first kappa shape index (κ1) is 30.6. The Kier molecular flexibility index (Phi) is 18.2. The van der Waals surface area contributed by atoms with Crippen molar-refractivity contribution < 1.29 is 29.3 Å². The highest BCUT2D eigenvalue weighted by Gasteiger charge is 2.34. The van der Waals surface area contributed by atoms with Crippen molar-refractivity contribution in [2.24, 2.45) is 5.41 Å². The van der Waals surface area contributed by atoms with Crippen molar-refractivity contribution in [1.29, 1.82) is 0 Å². The summed E-state index contributed by atoms with van der Waals surface area (Å²) in [5.41, 5.74) is -0.897. The largest absolute Gasteiger partial charge is 0.481 e.